The van der Waals surface area contributed by atoms with Gasteiger partial charge >= 0.3 is 0 Å². The Hall–Kier alpha value is -2.99. The van der Waals surface area contributed by atoms with Crippen LogP contribution in [0.2, 0.25) is 0 Å². The number of hydrogen-bond acceptors (Lipinski definition) is 3. The molecule has 0 spiro atoms. The third-order valence-corrected chi connectivity index (χ3v) is 5.94. The molecule has 5 nitrogen and oxygen atoms in total. The van der Waals surface area contributed by atoms with Crippen LogP contribution in [0.15, 0.2) is 60.7 Å². The lowest BCUT2D eigenvalue weighted by Crippen LogP contribution is -2.39. The predicted molar refractivity (Wildman–Crippen MR) is 121 cm³/mol. The van der Waals surface area contributed by atoms with E-state index in [9.17, 15) is 9.18 Å². The minimum absolute atomic E-state index is 0.203. The highest BCUT2D eigenvalue weighted by Gasteiger charge is 2.20. The number of hydrogen-bond donors (Lipinski definition) is 1. The van der Waals surface area contributed by atoms with E-state index in [-0.39, 0.29) is 11.7 Å². The van der Waals surface area contributed by atoms with Crippen LogP contribution in [0.3, 0.4) is 0 Å². The van der Waals surface area contributed by atoms with E-state index >= 15 is 0 Å². The highest BCUT2D eigenvalue weighted by molar-refractivity contribution is 5.94. The molecule has 2 aromatic carbocycles. The lowest BCUT2D eigenvalue weighted by molar-refractivity contribution is 0.0941. The van der Waals surface area contributed by atoms with Crippen molar-refractivity contribution in [3.8, 4) is 16.9 Å². The Balaban J connectivity index is 1.49. The standard InChI is InChI=1S/C25H29FN4O/c1-19-10-7-8-16-29(19)17-9-15-27-25(31)24-18-23(21-13-5-6-14-22(21)26)28-30(24)20-11-3-2-4-12-20/h2-6,11-14,18-19H,7-10,15-17H2,1H3,(H,27,31). The second-order valence-corrected chi connectivity index (χ2v) is 8.13. The largest absolute Gasteiger partial charge is 0.351 e. The topological polar surface area (TPSA) is 50.2 Å². The Kier molecular flexibility index (Phi) is 6.77. The van der Waals surface area contributed by atoms with E-state index < -0.39 is 0 Å². The molecular formula is C25H29FN4O. The maximum Gasteiger partial charge on any atom is 0.270 e. The van der Waals surface area contributed by atoms with Crippen molar-refractivity contribution in [2.24, 2.45) is 0 Å². The fraction of sp³-hybridized carbons (Fsp3) is 0.360. The maximum atomic E-state index is 14.3. The summed E-state index contributed by atoms with van der Waals surface area (Å²) in [5.41, 5.74) is 1.98. The number of aromatic nitrogens is 2. The third kappa shape index (κ3) is 5.02. The highest BCUT2D eigenvalue weighted by Crippen LogP contribution is 2.24. The fourth-order valence-corrected chi connectivity index (χ4v) is 4.17. The molecule has 1 atom stereocenters. The molecule has 4 rings (SSSR count). The Bertz CT molecular complexity index is 1020. The number of nitrogens with zero attached hydrogens (tertiary/aromatic N) is 3. The number of rotatable bonds is 7. The number of nitrogens with one attached hydrogen (secondary N) is 1. The normalized spacial score (nSPS) is 16.9. The van der Waals surface area contributed by atoms with Crippen LogP contribution < -0.4 is 5.32 Å². The lowest BCUT2D eigenvalue weighted by atomic mass is 10.0. The summed E-state index contributed by atoms with van der Waals surface area (Å²) in [6, 6.07) is 18.2. The molecule has 162 valence electrons. The number of piperidine rings is 1. The smallest absolute Gasteiger partial charge is 0.270 e. The van der Waals surface area contributed by atoms with Gasteiger partial charge in [-0.15, -0.1) is 0 Å². The molecule has 0 bridgehead atoms. The van der Waals surface area contributed by atoms with E-state index in [0.717, 1.165) is 25.2 Å². The van der Waals surface area contributed by atoms with Gasteiger partial charge in [0.25, 0.3) is 5.91 Å². The minimum Gasteiger partial charge on any atom is -0.351 e. The Morgan fingerprint density at radius 1 is 1.13 bits per heavy atom. The molecule has 1 saturated heterocycles. The van der Waals surface area contributed by atoms with Crippen LogP contribution in [0.1, 0.15) is 43.1 Å². The van der Waals surface area contributed by atoms with Gasteiger partial charge in [-0.05, 0) is 63.1 Å². The summed E-state index contributed by atoms with van der Waals surface area (Å²) in [5, 5.41) is 7.57. The first-order valence-electron chi connectivity index (χ1n) is 11.1. The summed E-state index contributed by atoms with van der Waals surface area (Å²) in [7, 11) is 0. The Morgan fingerprint density at radius 2 is 1.90 bits per heavy atom. The van der Waals surface area contributed by atoms with E-state index in [2.05, 4.69) is 22.2 Å². The monoisotopic (exact) mass is 420 g/mol. The van der Waals surface area contributed by atoms with E-state index in [1.165, 1.54) is 25.3 Å². The first kappa shape index (κ1) is 21.2. The van der Waals surface area contributed by atoms with Crippen LogP contribution in [-0.4, -0.2) is 46.3 Å². The Morgan fingerprint density at radius 3 is 2.68 bits per heavy atom. The van der Waals surface area contributed by atoms with Crippen molar-refractivity contribution in [2.75, 3.05) is 19.6 Å². The minimum atomic E-state index is -0.358. The van der Waals surface area contributed by atoms with Crippen molar-refractivity contribution in [3.63, 3.8) is 0 Å². The van der Waals surface area contributed by atoms with E-state index in [0.29, 0.717) is 29.5 Å². The number of carbonyl (C=O) groups excluding carboxylic acids is 1. The summed E-state index contributed by atoms with van der Waals surface area (Å²) in [5.74, 6) is -0.562. The molecule has 0 radical (unpaired) electrons. The second-order valence-electron chi connectivity index (χ2n) is 8.13. The van der Waals surface area contributed by atoms with Gasteiger partial charge in [-0.3, -0.25) is 4.79 Å². The SMILES string of the molecule is CC1CCCCN1CCCNC(=O)c1cc(-c2ccccc2F)nn1-c1ccccc1. The van der Waals surface area contributed by atoms with Crippen molar-refractivity contribution < 1.29 is 9.18 Å². The van der Waals surface area contributed by atoms with Gasteiger partial charge in [-0.2, -0.15) is 5.10 Å². The number of carbonyl (C=O) groups is 1. The number of amides is 1. The quantitative estimate of drug-likeness (QED) is 0.565. The van der Waals surface area contributed by atoms with Crippen LogP contribution in [0, 0.1) is 5.82 Å². The van der Waals surface area contributed by atoms with Crippen molar-refractivity contribution in [1.29, 1.82) is 0 Å². The van der Waals surface area contributed by atoms with E-state index in [4.69, 9.17) is 0 Å². The van der Waals surface area contributed by atoms with Gasteiger partial charge in [-0.1, -0.05) is 36.8 Å². The van der Waals surface area contributed by atoms with Crippen LogP contribution in [-0.2, 0) is 0 Å². The van der Waals surface area contributed by atoms with Gasteiger partial charge in [0.05, 0.1) is 11.4 Å². The third-order valence-electron chi connectivity index (χ3n) is 5.94. The van der Waals surface area contributed by atoms with Crippen LogP contribution in [0.4, 0.5) is 4.39 Å². The average Bonchev–Trinajstić information content (AvgIpc) is 3.24. The van der Waals surface area contributed by atoms with Gasteiger partial charge in [-0.25, -0.2) is 9.07 Å². The molecule has 0 aliphatic carbocycles. The van der Waals surface area contributed by atoms with Crippen molar-refractivity contribution in [1.82, 2.24) is 20.0 Å². The number of halogens is 1. The summed E-state index contributed by atoms with van der Waals surface area (Å²) in [6.45, 7) is 5.00. The zero-order valence-electron chi connectivity index (χ0n) is 17.9. The zero-order chi connectivity index (χ0) is 21.6. The summed E-state index contributed by atoms with van der Waals surface area (Å²) < 4.78 is 15.9. The first-order valence-corrected chi connectivity index (χ1v) is 11.1. The molecule has 3 aromatic rings. The fourth-order valence-electron chi connectivity index (χ4n) is 4.17. The van der Waals surface area contributed by atoms with Crippen LogP contribution >= 0.6 is 0 Å². The number of para-hydroxylation sites is 1. The lowest BCUT2D eigenvalue weighted by Gasteiger charge is -2.33. The number of likely N-dealkylation sites (tertiary alicyclic amines) is 1. The van der Waals surface area contributed by atoms with Crippen molar-refractivity contribution in [3.05, 3.63) is 72.2 Å². The van der Waals surface area contributed by atoms with Gasteiger partial charge in [0, 0.05) is 24.7 Å². The van der Waals surface area contributed by atoms with Gasteiger partial charge < -0.3 is 10.2 Å². The van der Waals surface area contributed by atoms with Gasteiger partial charge in [0.2, 0.25) is 0 Å². The summed E-state index contributed by atoms with van der Waals surface area (Å²) in [6.07, 6.45) is 4.71. The van der Waals surface area contributed by atoms with Gasteiger partial charge in [0.1, 0.15) is 11.5 Å². The molecule has 1 aliphatic rings. The first-order chi connectivity index (χ1) is 15.1. The summed E-state index contributed by atoms with van der Waals surface area (Å²) in [4.78, 5) is 15.5. The van der Waals surface area contributed by atoms with Crippen molar-refractivity contribution in [2.45, 2.75) is 38.6 Å². The van der Waals surface area contributed by atoms with Crippen molar-refractivity contribution >= 4 is 5.91 Å². The summed E-state index contributed by atoms with van der Waals surface area (Å²) >= 11 is 0. The van der Waals surface area contributed by atoms with E-state index in [1.807, 2.05) is 30.3 Å². The molecule has 2 heterocycles. The molecule has 1 amide bonds. The molecule has 1 N–H and O–H groups in total. The molecule has 0 saturated carbocycles. The molecule has 1 fully saturated rings. The maximum absolute atomic E-state index is 14.3. The van der Waals surface area contributed by atoms with E-state index in [1.54, 1.807) is 28.9 Å². The molecule has 1 aromatic heterocycles. The predicted octanol–water partition coefficient (Wildman–Crippen LogP) is 4.67. The van der Waals surface area contributed by atoms with Crippen LogP contribution in [0.5, 0.6) is 0 Å². The second kappa shape index (κ2) is 9.88. The Labute approximate surface area is 182 Å². The molecule has 1 unspecified atom stereocenters. The highest BCUT2D eigenvalue weighted by atomic mass is 19.1. The molecule has 6 heteroatoms. The molecule has 31 heavy (non-hydrogen) atoms. The number of benzene rings is 2. The molecular weight excluding hydrogens is 391 g/mol. The zero-order valence-corrected chi connectivity index (χ0v) is 17.9. The van der Waals surface area contributed by atoms with Crippen LogP contribution in [0.25, 0.3) is 16.9 Å². The molecule has 1 aliphatic heterocycles. The van der Waals surface area contributed by atoms with Gasteiger partial charge in [0.15, 0.2) is 0 Å². The average molecular weight is 421 g/mol.